The number of likely N-dealkylation sites (N-methyl/N-ethyl adjacent to an activating group) is 1. The molecule has 25 heavy (non-hydrogen) atoms. The van der Waals surface area contributed by atoms with Gasteiger partial charge in [-0.05, 0) is 17.7 Å². The van der Waals surface area contributed by atoms with Crippen LogP contribution in [0.3, 0.4) is 0 Å². The van der Waals surface area contributed by atoms with Gasteiger partial charge < -0.3 is 15.0 Å². The predicted molar refractivity (Wildman–Crippen MR) is 98.5 cm³/mol. The highest BCUT2D eigenvalue weighted by Crippen LogP contribution is 2.23. The van der Waals surface area contributed by atoms with E-state index in [-0.39, 0.29) is 17.9 Å². The fourth-order valence-electron chi connectivity index (χ4n) is 2.46. The molecule has 0 unspecified atom stereocenters. The third-order valence-corrected chi connectivity index (χ3v) is 3.87. The van der Waals surface area contributed by atoms with E-state index in [1.54, 1.807) is 14.1 Å². The van der Waals surface area contributed by atoms with E-state index in [0.717, 1.165) is 17.8 Å². The van der Waals surface area contributed by atoms with E-state index < -0.39 is 0 Å². The summed E-state index contributed by atoms with van der Waals surface area (Å²) in [6.45, 7) is 8.01. The minimum atomic E-state index is -0.0572. The zero-order valence-electron chi connectivity index (χ0n) is 15.7. The Hall–Kier alpha value is -2.34. The molecule has 0 aliphatic rings. The van der Waals surface area contributed by atoms with Crippen LogP contribution < -0.4 is 10.1 Å². The zero-order valence-corrected chi connectivity index (χ0v) is 15.7. The summed E-state index contributed by atoms with van der Waals surface area (Å²) in [5.41, 5.74) is 3.48. The predicted octanol–water partition coefficient (Wildman–Crippen LogP) is 2.46. The second-order valence-corrected chi connectivity index (χ2v) is 7.35. The van der Waals surface area contributed by atoms with Crippen LogP contribution >= 0.6 is 0 Å². The molecule has 1 aromatic carbocycles. The number of nitrogens with zero attached hydrogens (tertiary/aromatic N) is 2. The van der Waals surface area contributed by atoms with Crippen LogP contribution in [0.5, 0.6) is 5.75 Å². The fourth-order valence-corrected chi connectivity index (χ4v) is 2.46. The molecule has 1 aromatic heterocycles. The van der Waals surface area contributed by atoms with E-state index in [2.05, 4.69) is 36.3 Å². The van der Waals surface area contributed by atoms with Gasteiger partial charge in [0.2, 0.25) is 0 Å². The number of hydrogen-bond donors (Lipinski definition) is 2. The molecule has 2 rings (SSSR count). The second-order valence-electron chi connectivity index (χ2n) is 7.35. The van der Waals surface area contributed by atoms with Crippen LogP contribution in [0.15, 0.2) is 30.5 Å². The Kier molecular flexibility index (Phi) is 6.20. The van der Waals surface area contributed by atoms with E-state index in [1.807, 2.05) is 30.5 Å². The third kappa shape index (κ3) is 5.60. The van der Waals surface area contributed by atoms with Gasteiger partial charge in [0.15, 0.2) is 6.61 Å². The summed E-state index contributed by atoms with van der Waals surface area (Å²) in [4.78, 5) is 13.1. The quantitative estimate of drug-likeness (QED) is 0.809. The molecule has 0 aliphatic heterocycles. The number of H-pyrrole nitrogens is 1. The number of carbonyl (C=O) groups excluding carboxylic acids is 1. The highest BCUT2D eigenvalue weighted by Gasteiger charge is 2.19. The monoisotopic (exact) mass is 344 g/mol. The Morgan fingerprint density at radius 2 is 2.04 bits per heavy atom. The molecule has 1 heterocycles. The van der Waals surface area contributed by atoms with Crippen LogP contribution in [0.4, 0.5) is 0 Å². The number of ether oxygens (including phenoxy) is 1. The van der Waals surface area contributed by atoms with Crippen molar-refractivity contribution in [3.05, 3.63) is 47.3 Å². The number of benzene rings is 1. The summed E-state index contributed by atoms with van der Waals surface area (Å²) in [5.74, 6) is 0.645. The molecule has 6 nitrogen and oxygen atoms in total. The average Bonchev–Trinajstić information content (AvgIpc) is 3.01. The topological polar surface area (TPSA) is 70.2 Å². The van der Waals surface area contributed by atoms with Gasteiger partial charge in [0.05, 0.1) is 6.20 Å². The van der Waals surface area contributed by atoms with Crippen molar-refractivity contribution in [2.24, 2.45) is 0 Å². The first-order chi connectivity index (χ1) is 11.8. The largest absolute Gasteiger partial charge is 0.484 e. The Labute approximate surface area is 149 Å². The second kappa shape index (κ2) is 8.16. The van der Waals surface area contributed by atoms with Crippen LogP contribution in [0.1, 0.15) is 37.6 Å². The van der Waals surface area contributed by atoms with Crippen molar-refractivity contribution in [1.82, 2.24) is 20.4 Å². The fraction of sp³-hybridized carbons (Fsp3) is 0.474. The third-order valence-electron chi connectivity index (χ3n) is 3.87. The maximum absolute atomic E-state index is 11.6. The number of nitrogens with one attached hydrogen (secondary N) is 2. The Balaban J connectivity index is 1.88. The molecular formula is C19H28N4O2. The van der Waals surface area contributed by atoms with Gasteiger partial charge in [-0.1, -0.05) is 32.9 Å². The zero-order chi connectivity index (χ0) is 18.4. The summed E-state index contributed by atoms with van der Waals surface area (Å²) >= 11 is 0. The van der Waals surface area contributed by atoms with Crippen LogP contribution in [-0.4, -0.2) is 41.7 Å². The van der Waals surface area contributed by atoms with Crippen molar-refractivity contribution in [1.29, 1.82) is 0 Å². The van der Waals surface area contributed by atoms with Gasteiger partial charge in [-0.15, -0.1) is 0 Å². The lowest BCUT2D eigenvalue weighted by atomic mass is 9.89. The molecule has 1 amide bonds. The first kappa shape index (κ1) is 19.0. The van der Waals surface area contributed by atoms with Crippen LogP contribution in [0.2, 0.25) is 0 Å². The average molecular weight is 344 g/mol. The van der Waals surface area contributed by atoms with Crippen molar-refractivity contribution >= 4 is 5.91 Å². The van der Waals surface area contributed by atoms with Gasteiger partial charge in [-0.3, -0.25) is 9.89 Å². The molecule has 136 valence electrons. The number of aromatic amines is 1. The van der Waals surface area contributed by atoms with Crippen molar-refractivity contribution < 1.29 is 9.53 Å². The van der Waals surface area contributed by atoms with E-state index in [4.69, 9.17) is 4.74 Å². The number of hydrogen-bond acceptors (Lipinski definition) is 4. The molecule has 0 radical (unpaired) electrons. The number of carbonyl (C=O) groups is 1. The maximum Gasteiger partial charge on any atom is 0.259 e. The molecule has 0 spiro atoms. The first-order valence-corrected chi connectivity index (χ1v) is 8.42. The molecule has 2 N–H and O–H groups in total. The Bertz CT molecular complexity index is 701. The van der Waals surface area contributed by atoms with Gasteiger partial charge in [0.1, 0.15) is 5.75 Å². The normalized spacial score (nSPS) is 11.4. The summed E-state index contributed by atoms with van der Waals surface area (Å²) in [6.07, 6.45) is 1.87. The smallest absolute Gasteiger partial charge is 0.259 e. The van der Waals surface area contributed by atoms with Gasteiger partial charge in [-0.2, -0.15) is 5.10 Å². The molecule has 0 saturated carbocycles. The van der Waals surface area contributed by atoms with Crippen molar-refractivity contribution in [2.75, 3.05) is 20.7 Å². The SMILES string of the molecule is CN(C)C(=O)COc1cccc(CNCc2cn[nH]c2C(C)(C)C)c1. The number of aromatic nitrogens is 2. The van der Waals surface area contributed by atoms with Crippen molar-refractivity contribution in [3.8, 4) is 5.75 Å². The highest BCUT2D eigenvalue weighted by atomic mass is 16.5. The van der Waals surface area contributed by atoms with Gasteiger partial charge in [-0.25, -0.2) is 0 Å². The molecule has 0 saturated heterocycles. The van der Waals surface area contributed by atoms with E-state index >= 15 is 0 Å². The highest BCUT2D eigenvalue weighted by molar-refractivity contribution is 5.77. The van der Waals surface area contributed by atoms with Crippen molar-refractivity contribution in [3.63, 3.8) is 0 Å². The van der Waals surface area contributed by atoms with Gasteiger partial charge >= 0.3 is 0 Å². The lowest BCUT2D eigenvalue weighted by Crippen LogP contribution is -2.27. The van der Waals surface area contributed by atoms with E-state index in [9.17, 15) is 4.79 Å². The van der Waals surface area contributed by atoms with E-state index in [0.29, 0.717) is 12.3 Å². The standard InChI is InChI=1S/C19H28N4O2/c1-19(2,3)18-15(12-21-22-18)11-20-10-14-7-6-8-16(9-14)25-13-17(24)23(4)5/h6-9,12,20H,10-11,13H2,1-5H3,(H,21,22). The van der Waals surface area contributed by atoms with E-state index in [1.165, 1.54) is 10.5 Å². The summed E-state index contributed by atoms with van der Waals surface area (Å²) in [7, 11) is 3.43. The lowest BCUT2D eigenvalue weighted by molar-refractivity contribution is -0.130. The molecule has 6 heteroatoms. The summed E-state index contributed by atoms with van der Waals surface area (Å²) < 4.78 is 5.55. The minimum absolute atomic E-state index is 0.0419. The van der Waals surface area contributed by atoms with Crippen LogP contribution in [0.25, 0.3) is 0 Å². The first-order valence-electron chi connectivity index (χ1n) is 8.42. The molecule has 0 atom stereocenters. The number of amides is 1. The van der Waals surface area contributed by atoms with Crippen molar-refractivity contribution in [2.45, 2.75) is 39.3 Å². The summed E-state index contributed by atoms with van der Waals surface area (Å²) in [6, 6.07) is 7.79. The van der Waals surface area contributed by atoms with Gasteiger partial charge in [0, 0.05) is 43.9 Å². The lowest BCUT2D eigenvalue weighted by Gasteiger charge is -2.18. The van der Waals surface area contributed by atoms with Crippen LogP contribution in [0, 0.1) is 0 Å². The Morgan fingerprint density at radius 3 is 2.72 bits per heavy atom. The molecular weight excluding hydrogens is 316 g/mol. The molecule has 0 fully saturated rings. The Morgan fingerprint density at radius 1 is 1.28 bits per heavy atom. The molecule has 0 aliphatic carbocycles. The molecule has 0 bridgehead atoms. The minimum Gasteiger partial charge on any atom is -0.484 e. The maximum atomic E-state index is 11.6. The number of rotatable bonds is 7. The molecule has 2 aromatic rings. The summed E-state index contributed by atoms with van der Waals surface area (Å²) in [5, 5.41) is 10.7. The van der Waals surface area contributed by atoms with Gasteiger partial charge in [0.25, 0.3) is 5.91 Å². The van der Waals surface area contributed by atoms with Crippen LogP contribution in [-0.2, 0) is 23.3 Å².